The molecule has 6 nitrogen and oxygen atoms in total. The van der Waals surface area contributed by atoms with Crippen LogP contribution in [0.1, 0.15) is 32.6 Å². The number of fused-ring (bicyclic) bond motifs is 1. The average molecular weight is 394 g/mol. The summed E-state index contributed by atoms with van der Waals surface area (Å²) in [7, 11) is 0. The zero-order chi connectivity index (χ0) is 18.5. The lowest BCUT2D eigenvalue weighted by Crippen LogP contribution is -2.48. The average Bonchev–Trinajstić information content (AvgIpc) is 3.24. The molecule has 3 amide bonds. The number of benzene rings is 1. The van der Waals surface area contributed by atoms with Crippen LogP contribution in [0.2, 0.25) is 5.02 Å². The number of carbonyl (C=O) groups is 3. The van der Waals surface area contributed by atoms with Crippen LogP contribution in [0, 0.1) is 0 Å². The second kappa shape index (κ2) is 6.46. The molecule has 2 atom stereocenters. The van der Waals surface area contributed by atoms with E-state index in [1.807, 2.05) is 6.92 Å². The van der Waals surface area contributed by atoms with Crippen LogP contribution in [0.3, 0.4) is 0 Å². The van der Waals surface area contributed by atoms with E-state index in [-0.39, 0.29) is 22.6 Å². The van der Waals surface area contributed by atoms with Gasteiger partial charge in [-0.3, -0.25) is 14.4 Å². The molecule has 4 rings (SSSR count). The number of rotatable bonds is 3. The van der Waals surface area contributed by atoms with Crippen molar-refractivity contribution in [3.8, 4) is 0 Å². The molecule has 0 aliphatic carbocycles. The molecule has 26 heavy (non-hydrogen) atoms. The van der Waals surface area contributed by atoms with Crippen molar-refractivity contribution in [3.05, 3.63) is 23.2 Å². The quantitative estimate of drug-likeness (QED) is 0.857. The van der Waals surface area contributed by atoms with Gasteiger partial charge in [0.25, 0.3) is 0 Å². The molecule has 3 saturated heterocycles. The SMILES string of the molecule is C[C@]12CCC(=O)N1[C@H](C(=O)Nc1ccc(N3CCCC3=O)c(Cl)c1)CS2. The topological polar surface area (TPSA) is 69.7 Å². The Morgan fingerprint density at radius 1 is 1.31 bits per heavy atom. The standard InChI is InChI=1S/C18H20ClN3O3S/c1-18-7-6-16(24)22(18)14(10-26-18)17(25)20-11-4-5-13(12(19)9-11)21-8-2-3-15(21)23/h4-5,9,14H,2-3,6-8,10H2,1H3,(H,20,25)/t14-,18-/m0/s1. The zero-order valence-corrected chi connectivity index (χ0v) is 16.0. The molecule has 138 valence electrons. The van der Waals surface area contributed by atoms with Crippen molar-refractivity contribution in [3.63, 3.8) is 0 Å². The van der Waals surface area contributed by atoms with Crippen molar-refractivity contribution < 1.29 is 14.4 Å². The Kier molecular flexibility index (Phi) is 4.39. The summed E-state index contributed by atoms with van der Waals surface area (Å²) in [6.07, 6.45) is 2.65. The maximum atomic E-state index is 12.7. The van der Waals surface area contributed by atoms with Crippen LogP contribution in [-0.4, -0.2) is 45.8 Å². The number of anilines is 2. The van der Waals surface area contributed by atoms with E-state index >= 15 is 0 Å². The van der Waals surface area contributed by atoms with E-state index in [1.54, 1.807) is 39.8 Å². The van der Waals surface area contributed by atoms with E-state index in [1.165, 1.54) is 0 Å². The van der Waals surface area contributed by atoms with Crippen LogP contribution in [-0.2, 0) is 14.4 Å². The molecule has 8 heteroatoms. The zero-order valence-electron chi connectivity index (χ0n) is 14.5. The lowest BCUT2D eigenvalue weighted by Gasteiger charge is -2.29. The van der Waals surface area contributed by atoms with Gasteiger partial charge in [0.05, 0.1) is 15.6 Å². The van der Waals surface area contributed by atoms with E-state index in [4.69, 9.17) is 11.6 Å². The van der Waals surface area contributed by atoms with Gasteiger partial charge in [-0.15, -0.1) is 11.8 Å². The Bertz CT molecular complexity index is 802. The predicted molar refractivity (Wildman–Crippen MR) is 102 cm³/mol. The number of halogens is 1. The number of nitrogens with one attached hydrogen (secondary N) is 1. The number of thioether (sulfide) groups is 1. The Labute approximate surface area is 161 Å². The van der Waals surface area contributed by atoms with Crippen molar-refractivity contribution in [1.82, 2.24) is 4.90 Å². The van der Waals surface area contributed by atoms with E-state index in [0.717, 1.165) is 12.8 Å². The first-order valence-corrected chi connectivity index (χ1v) is 10.1. The van der Waals surface area contributed by atoms with Crippen LogP contribution >= 0.6 is 23.4 Å². The Hall–Kier alpha value is -1.73. The van der Waals surface area contributed by atoms with E-state index in [0.29, 0.717) is 41.5 Å². The minimum atomic E-state index is -0.460. The molecule has 3 aliphatic heterocycles. The lowest BCUT2D eigenvalue weighted by atomic mass is 10.2. The summed E-state index contributed by atoms with van der Waals surface area (Å²) in [6.45, 7) is 2.69. The fourth-order valence-electron chi connectivity index (χ4n) is 3.95. The first-order chi connectivity index (χ1) is 12.4. The molecule has 1 N–H and O–H groups in total. The van der Waals surface area contributed by atoms with Gasteiger partial charge in [0, 0.05) is 30.8 Å². The molecule has 1 aromatic carbocycles. The summed E-state index contributed by atoms with van der Waals surface area (Å²) in [5.74, 6) is 0.511. The van der Waals surface area contributed by atoms with Crippen molar-refractivity contribution >= 4 is 52.5 Å². The molecule has 1 aromatic rings. The van der Waals surface area contributed by atoms with Crippen molar-refractivity contribution in [2.24, 2.45) is 0 Å². The predicted octanol–water partition coefficient (Wildman–Crippen LogP) is 2.86. The molecule has 0 bridgehead atoms. The van der Waals surface area contributed by atoms with E-state index < -0.39 is 6.04 Å². The number of hydrogen-bond acceptors (Lipinski definition) is 4. The second-order valence-electron chi connectivity index (χ2n) is 7.07. The highest BCUT2D eigenvalue weighted by Crippen LogP contribution is 2.47. The molecule has 0 unspecified atom stereocenters. The van der Waals surface area contributed by atoms with Crippen LogP contribution in [0.4, 0.5) is 11.4 Å². The van der Waals surface area contributed by atoms with E-state index in [2.05, 4.69) is 5.32 Å². The highest BCUT2D eigenvalue weighted by atomic mass is 35.5. The minimum absolute atomic E-state index is 0.0403. The molecule has 3 heterocycles. The maximum absolute atomic E-state index is 12.7. The monoisotopic (exact) mass is 393 g/mol. The number of nitrogens with zero attached hydrogens (tertiary/aromatic N) is 2. The number of hydrogen-bond donors (Lipinski definition) is 1. The molecule has 0 spiro atoms. The third-order valence-corrected chi connectivity index (χ3v) is 7.13. The second-order valence-corrected chi connectivity index (χ2v) is 8.98. The molecular weight excluding hydrogens is 374 g/mol. The van der Waals surface area contributed by atoms with Gasteiger partial charge < -0.3 is 15.1 Å². The van der Waals surface area contributed by atoms with Gasteiger partial charge >= 0.3 is 0 Å². The van der Waals surface area contributed by atoms with Crippen LogP contribution in [0.15, 0.2) is 18.2 Å². The van der Waals surface area contributed by atoms with Gasteiger partial charge in [-0.25, -0.2) is 0 Å². The summed E-state index contributed by atoms with van der Waals surface area (Å²) >= 11 is 8.00. The highest BCUT2D eigenvalue weighted by Gasteiger charge is 2.52. The molecule has 3 aliphatic rings. The summed E-state index contributed by atoms with van der Waals surface area (Å²) in [5, 5.41) is 3.30. The lowest BCUT2D eigenvalue weighted by molar-refractivity contribution is -0.135. The van der Waals surface area contributed by atoms with Crippen molar-refractivity contribution in [2.45, 2.75) is 43.5 Å². The molecule has 0 radical (unpaired) electrons. The Morgan fingerprint density at radius 3 is 2.81 bits per heavy atom. The Morgan fingerprint density at radius 2 is 2.12 bits per heavy atom. The number of amides is 3. The minimum Gasteiger partial charge on any atom is -0.324 e. The third kappa shape index (κ3) is 2.87. The molecule has 0 aromatic heterocycles. The Balaban J connectivity index is 1.49. The van der Waals surface area contributed by atoms with E-state index in [9.17, 15) is 14.4 Å². The van der Waals surface area contributed by atoms with Crippen LogP contribution in [0.5, 0.6) is 0 Å². The van der Waals surface area contributed by atoms with Gasteiger partial charge in [0.15, 0.2) is 0 Å². The summed E-state index contributed by atoms with van der Waals surface area (Å²) < 4.78 is 0. The normalized spacial score (nSPS) is 28.0. The largest absolute Gasteiger partial charge is 0.324 e. The van der Waals surface area contributed by atoms with Gasteiger partial charge in [0.1, 0.15) is 6.04 Å². The van der Waals surface area contributed by atoms with Crippen molar-refractivity contribution in [2.75, 3.05) is 22.5 Å². The van der Waals surface area contributed by atoms with Crippen LogP contribution in [0.25, 0.3) is 0 Å². The summed E-state index contributed by atoms with van der Waals surface area (Å²) in [5.41, 5.74) is 1.24. The smallest absolute Gasteiger partial charge is 0.248 e. The van der Waals surface area contributed by atoms with Gasteiger partial charge in [-0.1, -0.05) is 11.6 Å². The van der Waals surface area contributed by atoms with Gasteiger partial charge in [-0.05, 0) is 38.0 Å². The van der Waals surface area contributed by atoms with Crippen LogP contribution < -0.4 is 10.2 Å². The molecule has 0 saturated carbocycles. The highest BCUT2D eigenvalue weighted by molar-refractivity contribution is 8.01. The fraction of sp³-hybridized carbons (Fsp3) is 0.500. The maximum Gasteiger partial charge on any atom is 0.248 e. The molecule has 3 fully saturated rings. The third-order valence-electron chi connectivity index (χ3n) is 5.33. The van der Waals surface area contributed by atoms with Gasteiger partial charge in [-0.2, -0.15) is 0 Å². The van der Waals surface area contributed by atoms with Crippen molar-refractivity contribution in [1.29, 1.82) is 0 Å². The number of carbonyl (C=O) groups excluding carboxylic acids is 3. The molecular formula is C18H20ClN3O3S. The summed E-state index contributed by atoms with van der Waals surface area (Å²) in [6, 6.07) is 4.71. The first-order valence-electron chi connectivity index (χ1n) is 8.76. The van der Waals surface area contributed by atoms with Gasteiger partial charge in [0.2, 0.25) is 17.7 Å². The fourth-order valence-corrected chi connectivity index (χ4v) is 5.66. The first kappa shape index (κ1) is 17.7. The summed E-state index contributed by atoms with van der Waals surface area (Å²) in [4.78, 5) is 39.9.